The first kappa shape index (κ1) is 11.3. The van der Waals surface area contributed by atoms with Crippen LogP contribution in [0.15, 0.2) is 12.3 Å². The van der Waals surface area contributed by atoms with Crippen molar-refractivity contribution in [2.75, 3.05) is 10.7 Å². The average Bonchev–Trinajstić information content (AvgIpc) is 2.56. The van der Waals surface area contributed by atoms with Gasteiger partial charge in [0.15, 0.2) is 0 Å². The number of hydrogen-bond acceptors (Lipinski definition) is 6. The van der Waals surface area contributed by atoms with Crippen LogP contribution in [0.2, 0.25) is 0 Å². The van der Waals surface area contributed by atoms with Crippen LogP contribution in [-0.4, -0.2) is 19.7 Å². The summed E-state index contributed by atoms with van der Waals surface area (Å²) in [6, 6.07) is 1.84. The Hall–Kier alpha value is -2.15. The van der Waals surface area contributed by atoms with E-state index < -0.39 is 0 Å². The van der Waals surface area contributed by atoms with E-state index in [-0.39, 0.29) is 0 Å². The molecule has 0 aromatic carbocycles. The number of anilines is 3. The number of rotatable bonds is 3. The number of nitrogen functional groups attached to an aromatic ring is 1. The van der Waals surface area contributed by atoms with E-state index in [1.165, 1.54) is 0 Å². The lowest BCUT2D eigenvalue weighted by Gasteiger charge is -2.06. The highest BCUT2D eigenvalue weighted by Crippen LogP contribution is 2.18. The SMILES string of the molecule is Cc1cc(Nc2cn(C)nc2C)nc(NN)n1. The van der Waals surface area contributed by atoms with Crippen molar-refractivity contribution in [3.05, 3.63) is 23.7 Å². The van der Waals surface area contributed by atoms with E-state index in [4.69, 9.17) is 5.84 Å². The van der Waals surface area contributed by atoms with Crippen molar-refractivity contribution in [3.8, 4) is 0 Å². The number of aryl methyl sites for hydroxylation is 3. The molecule has 90 valence electrons. The fraction of sp³-hybridized carbons (Fsp3) is 0.300. The number of hydrazine groups is 1. The van der Waals surface area contributed by atoms with Gasteiger partial charge in [-0.2, -0.15) is 10.1 Å². The Balaban J connectivity index is 2.29. The predicted molar refractivity (Wildman–Crippen MR) is 65.8 cm³/mol. The third-order valence-corrected chi connectivity index (χ3v) is 2.26. The maximum atomic E-state index is 5.30. The zero-order valence-corrected chi connectivity index (χ0v) is 10.0. The number of aromatic nitrogens is 4. The molecule has 0 aliphatic heterocycles. The molecule has 0 fully saturated rings. The first-order chi connectivity index (χ1) is 8.08. The second-order valence-corrected chi connectivity index (χ2v) is 3.79. The monoisotopic (exact) mass is 233 g/mol. The Morgan fingerprint density at radius 2 is 2.06 bits per heavy atom. The third kappa shape index (κ3) is 2.51. The van der Waals surface area contributed by atoms with E-state index in [0.717, 1.165) is 17.1 Å². The summed E-state index contributed by atoms with van der Waals surface area (Å²) in [7, 11) is 1.87. The molecule has 0 radical (unpaired) electrons. The highest BCUT2D eigenvalue weighted by Gasteiger charge is 2.06. The molecular weight excluding hydrogens is 218 g/mol. The minimum atomic E-state index is 0.383. The summed E-state index contributed by atoms with van der Waals surface area (Å²) in [4.78, 5) is 8.32. The fourth-order valence-corrected chi connectivity index (χ4v) is 1.56. The van der Waals surface area contributed by atoms with E-state index >= 15 is 0 Å². The van der Waals surface area contributed by atoms with Crippen LogP contribution < -0.4 is 16.6 Å². The van der Waals surface area contributed by atoms with Gasteiger partial charge in [0.25, 0.3) is 0 Å². The van der Waals surface area contributed by atoms with Crippen molar-refractivity contribution in [2.24, 2.45) is 12.9 Å². The third-order valence-electron chi connectivity index (χ3n) is 2.26. The van der Waals surface area contributed by atoms with E-state index in [1.54, 1.807) is 4.68 Å². The molecule has 2 aromatic rings. The Kier molecular flexibility index (Phi) is 2.92. The van der Waals surface area contributed by atoms with Crippen molar-refractivity contribution in [1.29, 1.82) is 0 Å². The molecule has 2 aromatic heterocycles. The predicted octanol–water partition coefficient (Wildman–Crippen LogP) is 0.856. The van der Waals surface area contributed by atoms with Gasteiger partial charge in [-0.05, 0) is 13.8 Å². The van der Waals surface area contributed by atoms with Gasteiger partial charge < -0.3 is 5.32 Å². The Morgan fingerprint density at radius 3 is 2.65 bits per heavy atom. The first-order valence-electron chi connectivity index (χ1n) is 5.18. The van der Waals surface area contributed by atoms with Crippen molar-refractivity contribution >= 4 is 17.5 Å². The smallest absolute Gasteiger partial charge is 0.239 e. The normalized spacial score (nSPS) is 10.4. The van der Waals surface area contributed by atoms with E-state index in [9.17, 15) is 0 Å². The number of hydrogen-bond donors (Lipinski definition) is 3. The lowest BCUT2D eigenvalue weighted by atomic mass is 10.3. The molecule has 7 nitrogen and oxygen atoms in total. The molecule has 0 atom stereocenters. The maximum Gasteiger partial charge on any atom is 0.239 e. The molecular formula is C10H15N7. The molecule has 0 amide bonds. The summed E-state index contributed by atoms with van der Waals surface area (Å²) in [5, 5.41) is 7.42. The number of nitrogens with one attached hydrogen (secondary N) is 2. The molecule has 0 saturated heterocycles. The van der Waals surface area contributed by atoms with Gasteiger partial charge in [0.1, 0.15) is 5.82 Å². The van der Waals surface area contributed by atoms with Gasteiger partial charge in [-0.1, -0.05) is 0 Å². The average molecular weight is 233 g/mol. The van der Waals surface area contributed by atoms with Gasteiger partial charge in [-0.15, -0.1) is 0 Å². The van der Waals surface area contributed by atoms with E-state index in [2.05, 4.69) is 25.8 Å². The molecule has 0 bridgehead atoms. The summed E-state index contributed by atoms with van der Waals surface area (Å²) in [5.41, 5.74) is 5.08. The molecule has 4 N–H and O–H groups in total. The van der Waals surface area contributed by atoms with Crippen LogP contribution in [0.3, 0.4) is 0 Å². The van der Waals surface area contributed by atoms with Crippen molar-refractivity contribution in [3.63, 3.8) is 0 Å². The van der Waals surface area contributed by atoms with Crippen molar-refractivity contribution in [2.45, 2.75) is 13.8 Å². The lowest BCUT2D eigenvalue weighted by molar-refractivity contribution is 0.756. The molecule has 0 spiro atoms. The Labute approximate surface area is 99.0 Å². The maximum absolute atomic E-state index is 5.30. The molecule has 17 heavy (non-hydrogen) atoms. The van der Waals surface area contributed by atoms with Crippen LogP contribution in [0.4, 0.5) is 17.5 Å². The van der Waals surface area contributed by atoms with Crippen molar-refractivity contribution in [1.82, 2.24) is 19.7 Å². The van der Waals surface area contributed by atoms with Gasteiger partial charge in [-0.25, -0.2) is 10.8 Å². The summed E-state index contributed by atoms with van der Waals surface area (Å²) in [6.07, 6.45) is 1.89. The first-order valence-corrected chi connectivity index (χ1v) is 5.18. The fourth-order valence-electron chi connectivity index (χ4n) is 1.56. The zero-order valence-electron chi connectivity index (χ0n) is 10.0. The Morgan fingerprint density at radius 1 is 1.29 bits per heavy atom. The topological polar surface area (TPSA) is 93.7 Å². The van der Waals surface area contributed by atoms with Gasteiger partial charge >= 0.3 is 0 Å². The van der Waals surface area contributed by atoms with Crippen LogP contribution in [0.5, 0.6) is 0 Å². The summed E-state index contributed by atoms with van der Waals surface area (Å²) in [6.45, 7) is 3.81. The van der Waals surface area contributed by atoms with Crippen molar-refractivity contribution < 1.29 is 0 Å². The van der Waals surface area contributed by atoms with Gasteiger partial charge in [0.05, 0.1) is 11.4 Å². The molecule has 0 unspecified atom stereocenters. The molecule has 7 heteroatoms. The van der Waals surface area contributed by atoms with Crippen LogP contribution in [0.25, 0.3) is 0 Å². The van der Waals surface area contributed by atoms with Crippen LogP contribution in [-0.2, 0) is 7.05 Å². The van der Waals surface area contributed by atoms with E-state index in [0.29, 0.717) is 11.8 Å². The molecule has 0 aliphatic rings. The molecule has 2 rings (SSSR count). The number of nitrogens with two attached hydrogens (primary N) is 1. The zero-order chi connectivity index (χ0) is 12.4. The standard InChI is InChI=1S/C10H15N7/c1-6-4-9(14-10(12-6)15-11)13-8-5-17(3)16-7(8)2/h4-5H,11H2,1-3H3,(H2,12,13,14,15). The Bertz CT molecular complexity index is 531. The molecule has 0 saturated carbocycles. The van der Waals surface area contributed by atoms with Gasteiger partial charge in [0.2, 0.25) is 5.95 Å². The van der Waals surface area contributed by atoms with Gasteiger partial charge in [-0.3, -0.25) is 10.1 Å². The lowest BCUT2D eigenvalue weighted by Crippen LogP contribution is -2.11. The minimum absolute atomic E-state index is 0.383. The highest BCUT2D eigenvalue weighted by atomic mass is 15.3. The van der Waals surface area contributed by atoms with E-state index in [1.807, 2.05) is 33.2 Å². The molecule has 2 heterocycles. The van der Waals surface area contributed by atoms with Crippen LogP contribution >= 0.6 is 0 Å². The number of nitrogens with zero attached hydrogens (tertiary/aromatic N) is 4. The van der Waals surface area contributed by atoms with Crippen LogP contribution in [0, 0.1) is 13.8 Å². The second-order valence-electron chi connectivity index (χ2n) is 3.79. The highest BCUT2D eigenvalue weighted by molar-refractivity contribution is 5.58. The van der Waals surface area contributed by atoms with Crippen LogP contribution in [0.1, 0.15) is 11.4 Å². The largest absolute Gasteiger partial charge is 0.337 e. The molecule has 0 aliphatic carbocycles. The minimum Gasteiger partial charge on any atom is -0.337 e. The van der Waals surface area contributed by atoms with Gasteiger partial charge in [0, 0.05) is 25.0 Å². The second kappa shape index (κ2) is 4.38. The summed E-state index contributed by atoms with van der Waals surface area (Å²) >= 11 is 0. The quantitative estimate of drug-likeness (QED) is 0.537. The summed E-state index contributed by atoms with van der Waals surface area (Å²) in [5.74, 6) is 6.36. The summed E-state index contributed by atoms with van der Waals surface area (Å²) < 4.78 is 1.74.